The standard InChI is InChI=1S/C8H8O2.C4H8N2/c1-6-3-2-4-7(5-6)8(9)10;1-4-5-2-3-6-4/h2-5H,1H3,(H,9,10);2-3H2,1H3,(H,5,6). The average molecular weight is 220 g/mol. The Bertz CT molecular complexity index is 400. The van der Waals surface area contributed by atoms with Crippen molar-refractivity contribution in [3.05, 3.63) is 35.4 Å². The first kappa shape index (κ1) is 12.2. The van der Waals surface area contributed by atoms with E-state index in [1.165, 1.54) is 0 Å². The van der Waals surface area contributed by atoms with Crippen molar-refractivity contribution in [1.82, 2.24) is 5.32 Å². The van der Waals surface area contributed by atoms with Crippen LogP contribution in [0.4, 0.5) is 0 Å². The zero-order valence-corrected chi connectivity index (χ0v) is 9.53. The second-order valence-corrected chi connectivity index (χ2v) is 3.57. The Morgan fingerprint density at radius 3 is 2.50 bits per heavy atom. The molecule has 0 radical (unpaired) electrons. The molecule has 4 heteroatoms. The molecule has 0 bridgehead atoms. The normalized spacial score (nSPS) is 13.2. The molecule has 1 heterocycles. The summed E-state index contributed by atoms with van der Waals surface area (Å²) in [5.74, 6) is 0.207. The van der Waals surface area contributed by atoms with Gasteiger partial charge in [0.1, 0.15) is 0 Å². The number of hydrogen-bond donors (Lipinski definition) is 2. The van der Waals surface area contributed by atoms with E-state index in [1.807, 2.05) is 19.9 Å². The number of hydrogen-bond acceptors (Lipinski definition) is 3. The predicted molar refractivity (Wildman–Crippen MR) is 64.1 cm³/mol. The summed E-state index contributed by atoms with van der Waals surface area (Å²) in [7, 11) is 0. The lowest BCUT2D eigenvalue weighted by molar-refractivity contribution is 0.0697. The van der Waals surface area contributed by atoms with Gasteiger partial charge in [0.05, 0.1) is 17.9 Å². The number of aromatic carboxylic acids is 1. The highest BCUT2D eigenvalue weighted by molar-refractivity contribution is 5.87. The minimum Gasteiger partial charge on any atom is -0.478 e. The van der Waals surface area contributed by atoms with Crippen molar-refractivity contribution < 1.29 is 9.90 Å². The van der Waals surface area contributed by atoms with Gasteiger partial charge in [-0.25, -0.2) is 4.79 Å². The molecule has 0 fully saturated rings. The molecule has 0 aliphatic carbocycles. The van der Waals surface area contributed by atoms with Gasteiger partial charge in [0, 0.05) is 6.54 Å². The highest BCUT2D eigenvalue weighted by Gasteiger charge is 1.99. The van der Waals surface area contributed by atoms with Crippen molar-refractivity contribution in [2.24, 2.45) is 4.99 Å². The number of aliphatic imine (C=N–C) groups is 1. The van der Waals surface area contributed by atoms with Gasteiger partial charge in [-0.2, -0.15) is 0 Å². The summed E-state index contributed by atoms with van der Waals surface area (Å²) < 4.78 is 0. The van der Waals surface area contributed by atoms with Crippen molar-refractivity contribution in [1.29, 1.82) is 0 Å². The summed E-state index contributed by atoms with van der Waals surface area (Å²) in [6, 6.07) is 6.82. The summed E-state index contributed by atoms with van der Waals surface area (Å²) >= 11 is 0. The fraction of sp³-hybridized carbons (Fsp3) is 0.333. The lowest BCUT2D eigenvalue weighted by atomic mass is 10.1. The predicted octanol–water partition coefficient (Wildman–Crippen LogP) is 1.70. The molecule has 0 amide bonds. The highest BCUT2D eigenvalue weighted by Crippen LogP contribution is 2.02. The van der Waals surface area contributed by atoms with E-state index in [2.05, 4.69) is 10.3 Å². The Morgan fingerprint density at radius 2 is 2.19 bits per heavy atom. The minimum absolute atomic E-state index is 0.347. The molecule has 0 saturated carbocycles. The topological polar surface area (TPSA) is 61.7 Å². The van der Waals surface area contributed by atoms with Crippen molar-refractivity contribution in [2.75, 3.05) is 13.1 Å². The molecule has 0 atom stereocenters. The maximum Gasteiger partial charge on any atom is 0.335 e. The van der Waals surface area contributed by atoms with Gasteiger partial charge in [-0.3, -0.25) is 4.99 Å². The molecule has 16 heavy (non-hydrogen) atoms. The van der Waals surface area contributed by atoms with Crippen LogP contribution in [0.5, 0.6) is 0 Å². The first-order valence-corrected chi connectivity index (χ1v) is 5.14. The number of carbonyl (C=O) groups is 1. The quantitative estimate of drug-likeness (QED) is 0.757. The van der Waals surface area contributed by atoms with Gasteiger partial charge in [0.2, 0.25) is 0 Å². The van der Waals surface area contributed by atoms with Gasteiger partial charge < -0.3 is 10.4 Å². The van der Waals surface area contributed by atoms with Crippen molar-refractivity contribution in [2.45, 2.75) is 13.8 Å². The van der Waals surface area contributed by atoms with E-state index in [0.29, 0.717) is 5.56 Å². The van der Waals surface area contributed by atoms with E-state index in [-0.39, 0.29) is 0 Å². The lowest BCUT2D eigenvalue weighted by Crippen LogP contribution is -2.13. The fourth-order valence-corrected chi connectivity index (χ4v) is 1.29. The smallest absolute Gasteiger partial charge is 0.335 e. The number of amidine groups is 1. The molecule has 0 aromatic heterocycles. The maximum absolute atomic E-state index is 10.4. The number of nitrogens with zero attached hydrogens (tertiary/aromatic N) is 1. The Kier molecular flexibility index (Phi) is 4.51. The largest absolute Gasteiger partial charge is 0.478 e. The number of aryl methyl sites for hydroxylation is 1. The molecule has 1 aliphatic heterocycles. The zero-order valence-electron chi connectivity index (χ0n) is 9.53. The van der Waals surface area contributed by atoms with Gasteiger partial charge in [-0.05, 0) is 26.0 Å². The molecule has 1 aromatic rings. The number of benzene rings is 1. The van der Waals surface area contributed by atoms with E-state index in [0.717, 1.165) is 24.5 Å². The zero-order chi connectivity index (χ0) is 12.0. The van der Waals surface area contributed by atoms with Crippen LogP contribution in [0, 0.1) is 6.92 Å². The number of carboxylic acids is 1. The second kappa shape index (κ2) is 5.90. The second-order valence-electron chi connectivity index (χ2n) is 3.57. The number of carboxylic acid groups (broad SMARTS) is 1. The van der Waals surface area contributed by atoms with Crippen LogP contribution < -0.4 is 5.32 Å². The van der Waals surface area contributed by atoms with Crippen LogP contribution in [0.1, 0.15) is 22.8 Å². The van der Waals surface area contributed by atoms with Crippen LogP contribution in [0.25, 0.3) is 0 Å². The molecule has 1 aromatic carbocycles. The first-order chi connectivity index (χ1) is 7.59. The number of rotatable bonds is 1. The van der Waals surface area contributed by atoms with E-state index in [1.54, 1.807) is 18.2 Å². The van der Waals surface area contributed by atoms with Crippen LogP contribution in [0.3, 0.4) is 0 Å². The van der Waals surface area contributed by atoms with Crippen LogP contribution in [0.15, 0.2) is 29.3 Å². The van der Waals surface area contributed by atoms with Gasteiger partial charge in [-0.1, -0.05) is 17.7 Å². The van der Waals surface area contributed by atoms with Gasteiger partial charge in [0.25, 0.3) is 0 Å². The molecule has 2 N–H and O–H groups in total. The Balaban J connectivity index is 0.000000181. The van der Waals surface area contributed by atoms with E-state index in [4.69, 9.17) is 5.11 Å². The van der Waals surface area contributed by atoms with Gasteiger partial charge >= 0.3 is 5.97 Å². The van der Waals surface area contributed by atoms with Gasteiger partial charge in [-0.15, -0.1) is 0 Å². The average Bonchev–Trinajstić information content (AvgIpc) is 2.70. The third-order valence-corrected chi connectivity index (χ3v) is 2.11. The first-order valence-electron chi connectivity index (χ1n) is 5.14. The molecule has 0 spiro atoms. The van der Waals surface area contributed by atoms with E-state index >= 15 is 0 Å². The Hall–Kier alpha value is -1.84. The monoisotopic (exact) mass is 220 g/mol. The minimum atomic E-state index is -0.872. The van der Waals surface area contributed by atoms with E-state index < -0.39 is 5.97 Å². The SMILES string of the molecule is CC1=NCCN1.Cc1cccc(C(=O)O)c1. The molecular weight excluding hydrogens is 204 g/mol. The fourth-order valence-electron chi connectivity index (χ4n) is 1.29. The van der Waals surface area contributed by atoms with Crippen molar-refractivity contribution in [3.8, 4) is 0 Å². The number of nitrogens with one attached hydrogen (secondary N) is 1. The molecular formula is C12H16N2O2. The third kappa shape index (κ3) is 4.13. The van der Waals surface area contributed by atoms with Crippen molar-refractivity contribution in [3.63, 3.8) is 0 Å². The highest BCUT2D eigenvalue weighted by atomic mass is 16.4. The molecule has 86 valence electrons. The molecule has 0 saturated heterocycles. The molecule has 0 unspecified atom stereocenters. The third-order valence-electron chi connectivity index (χ3n) is 2.11. The van der Waals surface area contributed by atoms with Crippen LogP contribution in [-0.4, -0.2) is 30.0 Å². The summed E-state index contributed by atoms with van der Waals surface area (Å²) in [6.45, 7) is 5.84. The van der Waals surface area contributed by atoms with Crippen LogP contribution in [0.2, 0.25) is 0 Å². The van der Waals surface area contributed by atoms with Crippen LogP contribution >= 0.6 is 0 Å². The Morgan fingerprint density at radius 1 is 1.44 bits per heavy atom. The maximum atomic E-state index is 10.4. The molecule has 1 aliphatic rings. The lowest BCUT2D eigenvalue weighted by Gasteiger charge is -1.93. The summed E-state index contributed by atoms with van der Waals surface area (Å²) in [6.07, 6.45) is 0. The van der Waals surface area contributed by atoms with Crippen LogP contribution in [-0.2, 0) is 0 Å². The molecule has 4 nitrogen and oxygen atoms in total. The summed E-state index contributed by atoms with van der Waals surface area (Å²) in [5, 5.41) is 11.6. The molecule has 2 rings (SSSR count). The Labute approximate surface area is 95.0 Å². The summed E-state index contributed by atoms with van der Waals surface area (Å²) in [5.41, 5.74) is 1.32. The summed E-state index contributed by atoms with van der Waals surface area (Å²) in [4.78, 5) is 14.4. The van der Waals surface area contributed by atoms with Crippen molar-refractivity contribution >= 4 is 11.8 Å². The van der Waals surface area contributed by atoms with E-state index in [9.17, 15) is 4.79 Å². The van der Waals surface area contributed by atoms with Gasteiger partial charge in [0.15, 0.2) is 0 Å².